The van der Waals surface area contributed by atoms with Gasteiger partial charge in [-0.1, -0.05) is 29.3 Å². The van der Waals surface area contributed by atoms with Gasteiger partial charge in [0.1, 0.15) is 5.75 Å². The van der Waals surface area contributed by atoms with E-state index in [0.717, 1.165) is 22.4 Å². The van der Waals surface area contributed by atoms with Crippen molar-refractivity contribution in [3.05, 3.63) is 52.0 Å². The van der Waals surface area contributed by atoms with E-state index in [-0.39, 0.29) is 24.8 Å². The Labute approximate surface area is 170 Å². The van der Waals surface area contributed by atoms with Crippen LogP contribution in [0.4, 0.5) is 11.4 Å². The number of amides is 2. The van der Waals surface area contributed by atoms with E-state index in [1.807, 2.05) is 32.9 Å². The van der Waals surface area contributed by atoms with Crippen LogP contribution in [0.2, 0.25) is 5.02 Å². The minimum absolute atomic E-state index is 0.143. The summed E-state index contributed by atoms with van der Waals surface area (Å²) in [5.41, 5.74) is 3.61. The van der Waals surface area contributed by atoms with Gasteiger partial charge in [-0.15, -0.1) is 0 Å². The number of rotatable bonds is 4. The van der Waals surface area contributed by atoms with Gasteiger partial charge < -0.3 is 15.0 Å². The Bertz CT molecular complexity index is 930. The Hall–Kier alpha value is -2.53. The molecular weight excluding hydrogens is 376 g/mol. The molecule has 0 spiro atoms. The Balaban J connectivity index is 1.77. The average Bonchev–Trinajstić information content (AvgIpc) is 2.59. The van der Waals surface area contributed by atoms with Crippen LogP contribution in [0.5, 0.6) is 5.75 Å². The summed E-state index contributed by atoms with van der Waals surface area (Å²) < 4.78 is 5.81. The minimum atomic E-state index is -0.999. The largest absolute Gasteiger partial charge is 0.476 e. The molecule has 2 amide bonds. The van der Waals surface area contributed by atoms with Gasteiger partial charge in [-0.3, -0.25) is 9.59 Å². The zero-order valence-electron chi connectivity index (χ0n) is 16.9. The number of ether oxygens (including phenoxy) is 1. The second kappa shape index (κ2) is 7.47. The van der Waals surface area contributed by atoms with Crippen molar-refractivity contribution in [2.24, 2.45) is 0 Å². The van der Waals surface area contributed by atoms with Crippen molar-refractivity contribution in [3.8, 4) is 5.75 Å². The zero-order valence-corrected chi connectivity index (χ0v) is 17.6. The number of halogens is 1. The minimum Gasteiger partial charge on any atom is -0.476 e. The first kappa shape index (κ1) is 20.2. The molecule has 0 atom stereocenters. The first-order valence-corrected chi connectivity index (χ1v) is 9.64. The zero-order chi connectivity index (χ0) is 20.6. The van der Waals surface area contributed by atoms with E-state index < -0.39 is 5.60 Å². The molecule has 0 radical (unpaired) electrons. The monoisotopic (exact) mass is 400 g/mol. The van der Waals surface area contributed by atoms with Gasteiger partial charge in [-0.2, -0.15) is 0 Å². The third kappa shape index (κ3) is 3.99. The predicted molar refractivity (Wildman–Crippen MR) is 112 cm³/mol. The Kier molecular flexibility index (Phi) is 5.39. The normalized spacial score (nSPS) is 15.1. The van der Waals surface area contributed by atoms with Crippen molar-refractivity contribution < 1.29 is 14.3 Å². The van der Waals surface area contributed by atoms with Gasteiger partial charge >= 0.3 is 0 Å². The summed E-state index contributed by atoms with van der Waals surface area (Å²) in [6.07, 6.45) is 0.167. The summed E-state index contributed by atoms with van der Waals surface area (Å²) in [5.74, 6) is 0.244. The van der Waals surface area contributed by atoms with Gasteiger partial charge in [-0.25, -0.2) is 0 Å². The van der Waals surface area contributed by atoms with E-state index in [4.69, 9.17) is 16.3 Å². The molecule has 0 aliphatic carbocycles. The van der Waals surface area contributed by atoms with E-state index in [2.05, 4.69) is 5.32 Å². The molecule has 0 saturated carbocycles. The molecule has 1 aliphatic rings. The number of anilines is 2. The Morgan fingerprint density at radius 2 is 1.79 bits per heavy atom. The van der Waals surface area contributed by atoms with Crippen LogP contribution < -0.4 is 15.0 Å². The van der Waals surface area contributed by atoms with Crippen LogP contribution in [0.1, 0.15) is 37.0 Å². The first-order valence-electron chi connectivity index (χ1n) is 9.27. The molecule has 0 bridgehead atoms. The summed E-state index contributed by atoms with van der Waals surface area (Å²) in [7, 11) is 0. The van der Waals surface area contributed by atoms with Crippen LogP contribution in [-0.2, 0) is 9.59 Å². The Morgan fingerprint density at radius 3 is 2.43 bits per heavy atom. The molecule has 2 aromatic carbocycles. The van der Waals surface area contributed by atoms with Crippen LogP contribution >= 0.6 is 11.6 Å². The van der Waals surface area contributed by atoms with Crippen molar-refractivity contribution in [3.63, 3.8) is 0 Å². The molecule has 0 fully saturated rings. The van der Waals surface area contributed by atoms with Gasteiger partial charge in [0.25, 0.3) is 5.91 Å². The number of aryl methyl sites for hydroxylation is 3. The van der Waals surface area contributed by atoms with Gasteiger partial charge in [0, 0.05) is 23.7 Å². The number of fused-ring (bicyclic) bond motifs is 1. The fraction of sp³-hybridized carbons (Fsp3) is 0.364. The fourth-order valence-electron chi connectivity index (χ4n) is 3.56. The molecule has 0 unspecified atom stereocenters. The summed E-state index contributed by atoms with van der Waals surface area (Å²) in [5, 5.41) is 3.49. The highest BCUT2D eigenvalue weighted by molar-refractivity contribution is 6.31. The number of nitrogens with one attached hydrogen (secondary N) is 1. The number of hydrogen-bond donors (Lipinski definition) is 1. The van der Waals surface area contributed by atoms with Gasteiger partial charge in [0.05, 0.1) is 5.69 Å². The summed E-state index contributed by atoms with van der Waals surface area (Å²) in [6, 6.07) is 9.23. The fourth-order valence-corrected chi connectivity index (χ4v) is 3.72. The number of carbonyl (C=O) groups is 2. The van der Waals surface area contributed by atoms with Crippen LogP contribution in [0, 0.1) is 20.8 Å². The van der Waals surface area contributed by atoms with Gasteiger partial charge in [-0.05, 0) is 63.9 Å². The molecule has 6 heteroatoms. The van der Waals surface area contributed by atoms with E-state index in [0.29, 0.717) is 16.5 Å². The lowest BCUT2D eigenvalue weighted by molar-refractivity contribution is -0.132. The lowest BCUT2D eigenvalue weighted by Crippen LogP contribution is -2.53. The Morgan fingerprint density at radius 1 is 1.14 bits per heavy atom. The number of carbonyl (C=O) groups excluding carboxylic acids is 2. The molecule has 0 aromatic heterocycles. The van der Waals surface area contributed by atoms with Crippen LogP contribution in [0.3, 0.4) is 0 Å². The van der Waals surface area contributed by atoms with Crippen LogP contribution in [0.25, 0.3) is 0 Å². The molecule has 1 aliphatic heterocycles. The maximum absolute atomic E-state index is 12.9. The molecule has 5 nitrogen and oxygen atoms in total. The number of nitrogens with zero attached hydrogens (tertiary/aromatic N) is 1. The molecule has 28 heavy (non-hydrogen) atoms. The van der Waals surface area contributed by atoms with Crippen molar-refractivity contribution in [1.82, 2.24) is 0 Å². The summed E-state index contributed by atoms with van der Waals surface area (Å²) >= 11 is 6.11. The maximum atomic E-state index is 12.9. The second-order valence-electron chi connectivity index (χ2n) is 7.75. The van der Waals surface area contributed by atoms with Crippen molar-refractivity contribution in [2.45, 2.75) is 46.6 Å². The average molecular weight is 401 g/mol. The van der Waals surface area contributed by atoms with E-state index >= 15 is 0 Å². The first-order chi connectivity index (χ1) is 13.1. The second-order valence-corrected chi connectivity index (χ2v) is 8.19. The summed E-state index contributed by atoms with van der Waals surface area (Å²) in [6.45, 7) is 9.66. The van der Waals surface area contributed by atoms with Crippen LogP contribution in [-0.4, -0.2) is 24.0 Å². The molecule has 148 valence electrons. The van der Waals surface area contributed by atoms with Gasteiger partial charge in [0.2, 0.25) is 5.91 Å². The maximum Gasteiger partial charge on any atom is 0.270 e. The van der Waals surface area contributed by atoms with E-state index in [1.165, 1.54) is 0 Å². The third-order valence-corrected chi connectivity index (χ3v) is 5.08. The lowest BCUT2D eigenvalue weighted by atomic mass is 10.0. The molecule has 1 heterocycles. The quantitative estimate of drug-likeness (QED) is 0.802. The van der Waals surface area contributed by atoms with Gasteiger partial charge in [0.15, 0.2) is 5.60 Å². The highest BCUT2D eigenvalue weighted by Gasteiger charge is 2.40. The number of benzene rings is 2. The molecule has 0 saturated heterocycles. The smallest absolute Gasteiger partial charge is 0.270 e. The standard InChI is InChI=1S/C22H25ClN2O3/c1-13-10-14(2)20(15(3)11-13)24-19(26)8-9-25-17-12-16(23)6-7-18(17)28-22(4,5)21(25)27/h6-7,10-12H,8-9H2,1-5H3,(H,24,26). The topological polar surface area (TPSA) is 58.6 Å². The van der Waals surface area contributed by atoms with Crippen molar-refractivity contribution >= 4 is 34.8 Å². The molecule has 2 aromatic rings. The molecular formula is C22H25ClN2O3. The highest BCUT2D eigenvalue weighted by Crippen LogP contribution is 2.39. The molecule has 3 rings (SSSR count). The predicted octanol–water partition coefficient (Wildman–Crippen LogP) is 4.80. The van der Waals surface area contributed by atoms with Crippen LogP contribution in [0.15, 0.2) is 30.3 Å². The van der Waals surface area contributed by atoms with Crippen molar-refractivity contribution in [1.29, 1.82) is 0 Å². The summed E-state index contributed by atoms with van der Waals surface area (Å²) in [4.78, 5) is 27.0. The van der Waals surface area contributed by atoms with Crippen molar-refractivity contribution in [2.75, 3.05) is 16.8 Å². The lowest BCUT2D eigenvalue weighted by Gasteiger charge is -2.38. The SMILES string of the molecule is Cc1cc(C)c(NC(=O)CCN2C(=O)C(C)(C)Oc3ccc(Cl)cc32)c(C)c1. The number of hydrogen-bond acceptors (Lipinski definition) is 3. The highest BCUT2D eigenvalue weighted by atomic mass is 35.5. The third-order valence-electron chi connectivity index (χ3n) is 4.84. The van der Waals surface area contributed by atoms with E-state index in [9.17, 15) is 9.59 Å². The van der Waals surface area contributed by atoms with E-state index in [1.54, 1.807) is 36.9 Å². The molecule has 1 N–H and O–H groups in total.